The van der Waals surface area contributed by atoms with Crippen molar-refractivity contribution in [1.82, 2.24) is 9.55 Å². The van der Waals surface area contributed by atoms with Gasteiger partial charge in [-0.3, -0.25) is 0 Å². The van der Waals surface area contributed by atoms with Gasteiger partial charge in [-0.05, 0) is 26.2 Å². The van der Waals surface area contributed by atoms with Crippen molar-refractivity contribution < 1.29 is 4.74 Å². The highest BCUT2D eigenvalue weighted by atomic mass is 16.5. The van der Waals surface area contributed by atoms with Gasteiger partial charge in [-0.2, -0.15) is 0 Å². The molecule has 0 spiro atoms. The molecule has 18 heavy (non-hydrogen) atoms. The van der Waals surface area contributed by atoms with Gasteiger partial charge in [-0.25, -0.2) is 4.98 Å². The number of aromatic nitrogens is 2. The van der Waals surface area contributed by atoms with E-state index in [1.54, 1.807) is 7.11 Å². The summed E-state index contributed by atoms with van der Waals surface area (Å²) in [5.74, 6) is 1.70. The van der Waals surface area contributed by atoms with E-state index in [1.807, 2.05) is 6.92 Å². The van der Waals surface area contributed by atoms with Gasteiger partial charge in [0, 0.05) is 25.9 Å². The van der Waals surface area contributed by atoms with Crippen molar-refractivity contribution in [3.8, 4) is 0 Å². The summed E-state index contributed by atoms with van der Waals surface area (Å²) < 4.78 is 7.30. The summed E-state index contributed by atoms with van der Waals surface area (Å²) in [5.41, 5.74) is 1.06. The number of aryl methyl sites for hydroxylation is 1. The van der Waals surface area contributed by atoms with Crippen LogP contribution in [0.3, 0.4) is 0 Å². The molecule has 1 N–H and O–H groups in total. The highest BCUT2D eigenvalue weighted by molar-refractivity contribution is 5.29. The zero-order valence-electron chi connectivity index (χ0n) is 12.4. The minimum Gasteiger partial charge on any atom is -0.383 e. The molecule has 2 atom stereocenters. The fourth-order valence-electron chi connectivity index (χ4n) is 2.11. The van der Waals surface area contributed by atoms with Crippen molar-refractivity contribution in [2.45, 2.75) is 46.6 Å². The van der Waals surface area contributed by atoms with Crippen molar-refractivity contribution >= 4 is 5.95 Å². The molecule has 0 saturated carbocycles. The molecule has 0 saturated heterocycles. The van der Waals surface area contributed by atoms with Gasteiger partial charge in [0.2, 0.25) is 5.95 Å². The van der Waals surface area contributed by atoms with Gasteiger partial charge in [0.15, 0.2) is 0 Å². The zero-order valence-corrected chi connectivity index (χ0v) is 12.4. The van der Waals surface area contributed by atoms with E-state index in [0.29, 0.717) is 12.6 Å². The predicted molar refractivity (Wildman–Crippen MR) is 76.1 cm³/mol. The molecule has 0 radical (unpaired) electrons. The number of methoxy groups -OCH3 is 1. The number of imidazole rings is 1. The van der Waals surface area contributed by atoms with Gasteiger partial charge in [0.25, 0.3) is 0 Å². The van der Waals surface area contributed by atoms with Crippen molar-refractivity contribution in [2.75, 3.05) is 25.6 Å². The average molecular weight is 253 g/mol. The maximum Gasteiger partial charge on any atom is 0.203 e. The van der Waals surface area contributed by atoms with Crippen LogP contribution in [-0.2, 0) is 4.74 Å². The van der Waals surface area contributed by atoms with E-state index in [0.717, 1.165) is 24.1 Å². The molecule has 1 heterocycles. The van der Waals surface area contributed by atoms with Crippen LogP contribution in [-0.4, -0.2) is 29.8 Å². The Labute approximate surface area is 111 Å². The van der Waals surface area contributed by atoms with E-state index in [9.17, 15) is 0 Å². The van der Waals surface area contributed by atoms with Gasteiger partial charge in [0.1, 0.15) is 0 Å². The Morgan fingerprint density at radius 3 is 2.78 bits per heavy atom. The smallest absolute Gasteiger partial charge is 0.203 e. The van der Waals surface area contributed by atoms with Gasteiger partial charge in [0.05, 0.1) is 12.3 Å². The molecule has 1 rings (SSSR count). The highest BCUT2D eigenvalue weighted by Crippen LogP contribution is 2.23. The molecule has 0 aromatic carbocycles. The summed E-state index contributed by atoms with van der Waals surface area (Å²) in [6.07, 6.45) is 4.54. The summed E-state index contributed by atoms with van der Waals surface area (Å²) in [5, 5.41) is 3.33. The monoisotopic (exact) mass is 253 g/mol. The highest BCUT2D eigenvalue weighted by Gasteiger charge is 2.13. The SMILES string of the molecule is CCC(C)CC(C)n1cc(C)nc1NCCOC. The first-order chi connectivity index (χ1) is 8.58. The van der Waals surface area contributed by atoms with Gasteiger partial charge in [-0.1, -0.05) is 20.3 Å². The van der Waals surface area contributed by atoms with E-state index in [1.165, 1.54) is 12.8 Å². The number of rotatable bonds is 8. The number of ether oxygens (including phenoxy) is 1. The first-order valence-corrected chi connectivity index (χ1v) is 6.86. The molecule has 0 amide bonds. The van der Waals surface area contributed by atoms with Crippen molar-refractivity contribution in [1.29, 1.82) is 0 Å². The van der Waals surface area contributed by atoms with Crippen LogP contribution < -0.4 is 5.32 Å². The van der Waals surface area contributed by atoms with Crippen LogP contribution in [0.25, 0.3) is 0 Å². The normalized spacial score (nSPS) is 14.5. The predicted octanol–water partition coefficient (Wildman–Crippen LogP) is 3.25. The Kier molecular flexibility index (Phi) is 6.19. The molecular weight excluding hydrogens is 226 g/mol. The van der Waals surface area contributed by atoms with E-state index in [-0.39, 0.29) is 0 Å². The van der Waals surface area contributed by atoms with Gasteiger partial charge < -0.3 is 14.6 Å². The van der Waals surface area contributed by atoms with Crippen LogP contribution in [0, 0.1) is 12.8 Å². The third-order valence-corrected chi connectivity index (χ3v) is 3.36. The first-order valence-electron chi connectivity index (χ1n) is 6.86. The lowest BCUT2D eigenvalue weighted by Crippen LogP contribution is -2.15. The molecular formula is C14H27N3O. The molecule has 0 fully saturated rings. The van der Waals surface area contributed by atoms with E-state index < -0.39 is 0 Å². The second-order valence-electron chi connectivity index (χ2n) is 5.13. The lowest BCUT2D eigenvalue weighted by Gasteiger charge is -2.20. The topological polar surface area (TPSA) is 39.1 Å². The van der Waals surface area contributed by atoms with Crippen LogP contribution in [0.15, 0.2) is 6.20 Å². The Morgan fingerprint density at radius 2 is 2.17 bits per heavy atom. The van der Waals surface area contributed by atoms with Crippen LogP contribution in [0.5, 0.6) is 0 Å². The average Bonchev–Trinajstić information content (AvgIpc) is 2.71. The maximum absolute atomic E-state index is 5.05. The summed E-state index contributed by atoms with van der Waals surface area (Å²) in [7, 11) is 1.71. The maximum atomic E-state index is 5.05. The number of hydrogen-bond acceptors (Lipinski definition) is 3. The molecule has 4 nitrogen and oxygen atoms in total. The number of nitrogens with zero attached hydrogens (tertiary/aromatic N) is 2. The largest absolute Gasteiger partial charge is 0.383 e. The van der Waals surface area contributed by atoms with Crippen molar-refractivity contribution in [3.63, 3.8) is 0 Å². The second kappa shape index (κ2) is 7.41. The summed E-state index contributed by atoms with van der Waals surface area (Å²) in [6, 6.07) is 0.478. The lowest BCUT2D eigenvalue weighted by molar-refractivity contribution is 0.210. The fourth-order valence-corrected chi connectivity index (χ4v) is 2.11. The Bertz CT molecular complexity index is 349. The summed E-state index contributed by atoms with van der Waals surface area (Å²) in [4.78, 5) is 4.53. The van der Waals surface area contributed by atoms with Crippen LogP contribution in [0.2, 0.25) is 0 Å². The van der Waals surface area contributed by atoms with E-state index in [2.05, 4.69) is 41.8 Å². The zero-order chi connectivity index (χ0) is 13.5. The van der Waals surface area contributed by atoms with Crippen molar-refractivity contribution in [3.05, 3.63) is 11.9 Å². The summed E-state index contributed by atoms with van der Waals surface area (Å²) >= 11 is 0. The molecule has 4 heteroatoms. The van der Waals surface area contributed by atoms with Gasteiger partial charge >= 0.3 is 0 Å². The Balaban J connectivity index is 2.67. The molecule has 1 aromatic heterocycles. The molecule has 0 aliphatic heterocycles. The molecule has 0 bridgehead atoms. The first kappa shape index (κ1) is 15.0. The third-order valence-electron chi connectivity index (χ3n) is 3.36. The third kappa shape index (κ3) is 4.33. The van der Waals surface area contributed by atoms with Crippen LogP contribution in [0.1, 0.15) is 45.3 Å². The number of anilines is 1. The molecule has 104 valence electrons. The molecule has 0 aliphatic carbocycles. The number of hydrogen-bond donors (Lipinski definition) is 1. The van der Waals surface area contributed by atoms with Crippen LogP contribution in [0.4, 0.5) is 5.95 Å². The van der Waals surface area contributed by atoms with E-state index >= 15 is 0 Å². The fraction of sp³-hybridized carbons (Fsp3) is 0.786. The van der Waals surface area contributed by atoms with Crippen LogP contribution >= 0.6 is 0 Å². The Morgan fingerprint density at radius 1 is 1.44 bits per heavy atom. The molecule has 0 aliphatic rings. The minimum atomic E-state index is 0.478. The molecule has 1 aromatic rings. The standard InChI is InChI=1S/C14H27N3O/c1-6-11(2)9-13(4)17-10-12(3)16-14(17)15-7-8-18-5/h10-11,13H,6-9H2,1-5H3,(H,15,16). The lowest BCUT2D eigenvalue weighted by atomic mass is 10.0. The molecule has 2 unspecified atom stereocenters. The van der Waals surface area contributed by atoms with Gasteiger partial charge in [-0.15, -0.1) is 0 Å². The second-order valence-corrected chi connectivity index (χ2v) is 5.13. The summed E-state index contributed by atoms with van der Waals surface area (Å²) in [6.45, 7) is 10.3. The minimum absolute atomic E-state index is 0.478. The quantitative estimate of drug-likeness (QED) is 0.723. The van der Waals surface area contributed by atoms with E-state index in [4.69, 9.17) is 4.74 Å². The Hall–Kier alpha value is -1.03. The number of nitrogens with one attached hydrogen (secondary N) is 1. The van der Waals surface area contributed by atoms with Crippen molar-refractivity contribution in [2.24, 2.45) is 5.92 Å².